The van der Waals surface area contributed by atoms with E-state index in [0.29, 0.717) is 12.0 Å². The van der Waals surface area contributed by atoms with Gasteiger partial charge in [-0.15, -0.1) is 0 Å². The molecule has 0 radical (unpaired) electrons. The molecular weight excluding hydrogens is 265 g/mol. The maximum atomic E-state index is 12.9. The fourth-order valence-electron chi connectivity index (χ4n) is 1.98. The van der Waals surface area contributed by atoms with Crippen molar-refractivity contribution in [3.05, 3.63) is 41.0 Å². The molecule has 0 aliphatic rings. The van der Waals surface area contributed by atoms with E-state index < -0.39 is 11.7 Å². The van der Waals surface area contributed by atoms with Crippen LogP contribution in [0.15, 0.2) is 29.8 Å². The molecular formula is C16H19F3O. The average Bonchev–Trinajstić information content (AvgIpc) is 2.37. The molecule has 0 amide bonds. The Labute approximate surface area is 117 Å². The highest BCUT2D eigenvalue weighted by Gasteiger charge is 2.32. The van der Waals surface area contributed by atoms with Gasteiger partial charge in [0.1, 0.15) is 0 Å². The molecule has 1 rings (SSSR count). The van der Waals surface area contributed by atoms with Crippen LogP contribution >= 0.6 is 0 Å². The van der Waals surface area contributed by atoms with E-state index in [4.69, 9.17) is 0 Å². The SMILES string of the molecule is CCCCCC(=Cc1ccccc1C(F)(F)F)C(C)=O. The first-order valence-electron chi connectivity index (χ1n) is 6.74. The summed E-state index contributed by atoms with van der Waals surface area (Å²) in [6.07, 6.45) is 0.278. The van der Waals surface area contributed by atoms with E-state index in [0.717, 1.165) is 25.3 Å². The van der Waals surface area contributed by atoms with Crippen LogP contribution in [0.4, 0.5) is 13.2 Å². The average molecular weight is 284 g/mol. The second-order valence-corrected chi connectivity index (χ2v) is 4.77. The Bertz CT molecular complexity index is 487. The van der Waals surface area contributed by atoms with Crippen LogP contribution < -0.4 is 0 Å². The lowest BCUT2D eigenvalue weighted by Crippen LogP contribution is -2.07. The van der Waals surface area contributed by atoms with E-state index in [9.17, 15) is 18.0 Å². The second-order valence-electron chi connectivity index (χ2n) is 4.77. The highest BCUT2D eigenvalue weighted by molar-refractivity contribution is 5.97. The van der Waals surface area contributed by atoms with E-state index in [1.54, 1.807) is 6.07 Å². The number of halogens is 3. The molecule has 0 bridgehead atoms. The normalized spacial score (nSPS) is 12.6. The van der Waals surface area contributed by atoms with Crippen molar-refractivity contribution in [3.63, 3.8) is 0 Å². The minimum Gasteiger partial charge on any atom is -0.295 e. The zero-order valence-electron chi connectivity index (χ0n) is 11.8. The topological polar surface area (TPSA) is 17.1 Å². The summed E-state index contributed by atoms with van der Waals surface area (Å²) in [6, 6.07) is 5.33. The highest BCUT2D eigenvalue weighted by Crippen LogP contribution is 2.33. The molecule has 4 heteroatoms. The van der Waals surface area contributed by atoms with Gasteiger partial charge in [-0.2, -0.15) is 13.2 Å². The van der Waals surface area contributed by atoms with Crippen molar-refractivity contribution in [1.29, 1.82) is 0 Å². The van der Waals surface area contributed by atoms with E-state index in [2.05, 4.69) is 0 Å². The van der Waals surface area contributed by atoms with Crippen LogP contribution in [0.5, 0.6) is 0 Å². The molecule has 110 valence electrons. The largest absolute Gasteiger partial charge is 0.416 e. The molecule has 0 aliphatic carbocycles. The number of rotatable bonds is 6. The lowest BCUT2D eigenvalue weighted by atomic mass is 9.98. The molecule has 0 fully saturated rings. The number of carbonyl (C=O) groups excluding carboxylic acids is 1. The van der Waals surface area contributed by atoms with Crippen LogP contribution in [0.1, 0.15) is 50.7 Å². The fourth-order valence-corrected chi connectivity index (χ4v) is 1.98. The Morgan fingerprint density at radius 1 is 1.20 bits per heavy atom. The standard InChI is InChI=1S/C16H19F3O/c1-3-4-5-8-13(12(2)20)11-14-9-6-7-10-15(14)16(17,18)19/h6-7,9-11H,3-5,8H2,1-2H3. The van der Waals surface area contributed by atoms with Gasteiger partial charge in [0, 0.05) is 0 Å². The summed E-state index contributed by atoms with van der Waals surface area (Å²) >= 11 is 0. The van der Waals surface area contributed by atoms with Gasteiger partial charge in [0.2, 0.25) is 0 Å². The summed E-state index contributed by atoms with van der Waals surface area (Å²) in [7, 11) is 0. The first-order valence-corrected chi connectivity index (χ1v) is 6.74. The lowest BCUT2D eigenvalue weighted by Gasteiger charge is -2.11. The fraction of sp³-hybridized carbons (Fsp3) is 0.438. The molecule has 1 nitrogen and oxygen atoms in total. The van der Waals surface area contributed by atoms with E-state index in [1.807, 2.05) is 6.92 Å². The third-order valence-electron chi connectivity index (χ3n) is 3.10. The summed E-state index contributed by atoms with van der Waals surface area (Å²) in [5.41, 5.74) is -0.189. The van der Waals surface area contributed by atoms with Crippen molar-refractivity contribution in [3.8, 4) is 0 Å². The summed E-state index contributed by atoms with van der Waals surface area (Å²) < 4.78 is 38.7. The zero-order chi connectivity index (χ0) is 15.2. The predicted molar refractivity (Wildman–Crippen MR) is 74.2 cm³/mol. The molecule has 0 aliphatic heterocycles. The number of hydrogen-bond acceptors (Lipinski definition) is 1. The number of unbranched alkanes of at least 4 members (excludes halogenated alkanes) is 2. The molecule has 0 saturated carbocycles. The van der Waals surface area contributed by atoms with Crippen molar-refractivity contribution in [2.75, 3.05) is 0 Å². The van der Waals surface area contributed by atoms with Gasteiger partial charge in [-0.05, 0) is 43.0 Å². The molecule has 0 aromatic heterocycles. The van der Waals surface area contributed by atoms with Gasteiger partial charge in [0.25, 0.3) is 0 Å². The molecule has 0 saturated heterocycles. The maximum Gasteiger partial charge on any atom is 0.416 e. The van der Waals surface area contributed by atoms with Crippen LogP contribution in [0.3, 0.4) is 0 Å². The van der Waals surface area contributed by atoms with E-state index in [-0.39, 0.29) is 11.3 Å². The van der Waals surface area contributed by atoms with Gasteiger partial charge in [0.05, 0.1) is 5.56 Å². The quantitative estimate of drug-likeness (QED) is 0.514. The van der Waals surface area contributed by atoms with Gasteiger partial charge in [-0.3, -0.25) is 4.79 Å². The summed E-state index contributed by atoms with van der Waals surface area (Å²) in [4.78, 5) is 11.6. The number of Topliss-reactive ketones (excluding diaryl/α,β-unsaturated/α-hetero) is 1. The van der Waals surface area contributed by atoms with Crippen LogP contribution in [0, 0.1) is 0 Å². The second kappa shape index (κ2) is 7.27. The summed E-state index contributed by atoms with van der Waals surface area (Å²) in [6.45, 7) is 3.43. The van der Waals surface area contributed by atoms with Crippen LogP contribution in [-0.2, 0) is 11.0 Å². The van der Waals surface area contributed by atoms with Gasteiger partial charge in [0.15, 0.2) is 5.78 Å². The molecule has 0 heterocycles. The Kier molecular flexibility index (Phi) is 5.99. The number of carbonyl (C=O) groups is 1. The Morgan fingerprint density at radius 3 is 2.40 bits per heavy atom. The number of hydrogen-bond donors (Lipinski definition) is 0. The van der Waals surface area contributed by atoms with Crippen LogP contribution in [-0.4, -0.2) is 5.78 Å². The van der Waals surface area contributed by atoms with Gasteiger partial charge in [-0.1, -0.05) is 38.0 Å². The van der Waals surface area contributed by atoms with Crippen LogP contribution in [0.25, 0.3) is 6.08 Å². The monoisotopic (exact) mass is 284 g/mol. The number of benzene rings is 1. The van der Waals surface area contributed by atoms with Gasteiger partial charge in [-0.25, -0.2) is 0 Å². The molecule has 1 aromatic carbocycles. The number of ketones is 1. The molecule has 1 aromatic rings. The lowest BCUT2D eigenvalue weighted by molar-refractivity contribution is -0.137. The minimum absolute atomic E-state index is 0.0571. The van der Waals surface area contributed by atoms with E-state index in [1.165, 1.54) is 25.1 Å². The number of alkyl halides is 3. The molecule has 0 unspecified atom stereocenters. The third kappa shape index (κ3) is 4.83. The van der Waals surface area contributed by atoms with Crippen LogP contribution in [0.2, 0.25) is 0 Å². The van der Waals surface area contributed by atoms with E-state index >= 15 is 0 Å². The third-order valence-corrected chi connectivity index (χ3v) is 3.10. The van der Waals surface area contributed by atoms with Crippen molar-refractivity contribution in [2.45, 2.75) is 45.7 Å². The molecule has 20 heavy (non-hydrogen) atoms. The van der Waals surface area contributed by atoms with Gasteiger partial charge < -0.3 is 0 Å². The maximum absolute atomic E-state index is 12.9. The smallest absolute Gasteiger partial charge is 0.295 e. The first kappa shape index (κ1) is 16.5. The predicted octanol–water partition coefficient (Wildman–Crippen LogP) is 5.26. The first-order chi connectivity index (χ1) is 9.36. The summed E-state index contributed by atoms with van der Waals surface area (Å²) in [5.74, 6) is -0.168. The van der Waals surface area contributed by atoms with Crippen molar-refractivity contribution < 1.29 is 18.0 Å². The van der Waals surface area contributed by atoms with Crippen molar-refractivity contribution in [1.82, 2.24) is 0 Å². The highest BCUT2D eigenvalue weighted by atomic mass is 19.4. The minimum atomic E-state index is -4.40. The molecule has 0 spiro atoms. The molecule has 0 atom stereocenters. The van der Waals surface area contributed by atoms with Crippen molar-refractivity contribution in [2.24, 2.45) is 0 Å². The number of allylic oxidation sites excluding steroid dienone is 1. The Balaban J connectivity index is 3.08. The zero-order valence-corrected chi connectivity index (χ0v) is 11.8. The summed E-state index contributed by atoms with van der Waals surface area (Å²) in [5, 5.41) is 0. The van der Waals surface area contributed by atoms with Gasteiger partial charge >= 0.3 is 6.18 Å². The Hall–Kier alpha value is -1.58. The molecule has 0 N–H and O–H groups in total. The van der Waals surface area contributed by atoms with Crippen molar-refractivity contribution >= 4 is 11.9 Å². The Morgan fingerprint density at radius 2 is 1.85 bits per heavy atom.